The molecular formula is C49H33N3S. The van der Waals surface area contributed by atoms with E-state index in [1.165, 1.54) is 64.7 Å². The molecule has 0 amide bonds. The summed E-state index contributed by atoms with van der Waals surface area (Å²) < 4.78 is 2.45. The van der Waals surface area contributed by atoms with Gasteiger partial charge in [-0.2, -0.15) is 0 Å². The first kappa shape index (κ1) is 30.4. The number of rotatable bonds is 3. The Morgan fingerprint density at radius 1 is 0.396 bits per heavy atom. The summed E-state index contributed by atoms with van der Waals surface area (Å²) in [6, 6.07) is 59.3. The fourth-order valence-electron chi connectivity index (χ4n) is 9.24. The molecule has 2 heterocycles. The number of aromatic nitrogens is 3. The number of benzene rings is 7. The van der Waals surface area contributed by atoms with Crippen LogP contribution in [0.2, 0.25) is 0 Å². The largest absolute Gasteiger partial charge is 0.208 e. The van der Waals surface area contributed by atoms with Crippen LogP contribution in [-0.4, -0.2) is 15.0 Å². The molecule has 7 aromatic carbocycles. The third-order valence-electron chi connectivity index (χ3n) is 11.6. The average molecular weight is 696 g/mol. The molecule has 0 fully saturated rings. The summed E-state index contributed by atoms with van der Waals surface area (Å²) in [4.78, 5) is 15.2. The minimum Gasteiger partial charge on any atom is -0.208 e. The van der Waals surface area contributed by atoms with Gasteiger partial charge in [0.25, 0.3) is 0 Å². The summed E-state index contributed by atoms with van der Waals surface area (Å²) in [5.41, 5.74) is 13.2. The maximum atomic E-state index is 5.14. The normalized spacial score (nSPS) is 14.5. The van der Waals surface area contributed by atoms with Gasteiger partial charge in [0.1, 0.15) is 0 Å². The lowest BCUT2D eigenvalue weighted by atomic mass is 9.55. The Labute approximate surface area is 312 Å². The first-order chi connectivity index (χ1) is 26.0. The summed E-state index contributed by atoms with van der Waals surface area (Å²) in [5.74, 6) is 2.02. The van der Waals surface area contributed by atoms with Crippen molar-refractivity contribution in [1.29, 1.82) is 0 Å². The molecule has 0 atom stereocenters. The molecule has 4 heteroatoms. The second-order valence-corrected chi connectivity index (χ2v) is 15.8. The number of nitrogens with zero attached hydrogens (tertiary/aromatic N) is 3. The third-order valence-corrected chi connectivity index (χ3v) is 12.8. The molecule has 0 radical (unpaired) electrons. The van der Waals surface area contributed by atoms with Crippen LogP contribution in [0.5, 0.6) is 0 Å². The molecular weight excluding hydrogens is 663 g/mol. The second-order valence-electron chi connectivity index (χ2n) is 14.7. The van der Waals surface area contributed by atoms with E-state index >= 15 is 0 Å². The van der Waals surface area contributed by atoms with Crippen LogP contribution in [0, 0.1) is 0 Å². The molecule has 2 aliphatic carbocycles. The van der Waals surface area contributed by atoms with Gasteiger partial charge in [-0.3, -0.25) is 0 Å². The van der Waals surface area contributed by atoms with Crippen molar-refractivity contribution in [2.75, 3.05) is 0 Å². The predicted octanol–water partition coefficient (Wildman–Crippen LogP) is 12.2. The van der Waals surface area contributed by atoms with Crippen LogP contribution in [-0.2, 0) is 10.8 Å². The predicted molar refractivity (Wildman–Crippen MR) is 218 cm³/mol. The molecule has 0 N–H and O–H groups in total. The minimum atomic E-state index is -0.425. The molecule has 53 heavy (non-hydrogen) atoms. The minimum absolute atomic E-state index is 0.215. The van der Waals surface area contributed by atoms with E-state index in [-0.39, 0.29) is 5.41 Å². The van der Waals surface area contributed by atoms with Crippen LogP contribution < -0.4 is 0 Å². The Balaban J connectivity index is 1.20. The average Bonchev–Trinajstić information content (AvgIpc) is 3.74. The number of thiophene rings is 1. The first-order valence-electron chi connectivity index (χ1n) is 18.2. The van der Waals surface area contributed by atoms with Crippen LogP contribution in [0.25, 0.3) is 65.5 Å². The van der Waals surface area contributed by atoms with Crippen molar-refractivity contribution in [1.82, 2.24) is 15.0 Å². The molecule has 0 saturated heterocycles. The quantitative estimate of drug-likeness (QED) is 0.185. The van der Waals surface area contributed by atoms with Crippen molar-refractivity contribution < 1.29 is 0 Å². The van der Waals surface area contributed by atoms with E-state index < -0.39 is 5.41 Å². The maximum Gasteiger partial charge on any atom is 0.165 e. The number of hydrogen-bond acceptors (Lipinski definition) is 4. The Hall–Kier alpha value is -6.23. The summed E-state index contributed by atoms with van der Waals surface area (Å²) in [5, 5.41) is 2.50. The van der Waals surface area contributed by atoms with Gasteiger partial charge in [0.2, 0.25) is 0 Å². The maximum absolute atomic E-state index is 5.14. The lowest BCUT2D eigenvalue weighted by Gasteiger charge is -2.46. The van der Waals surface area contributed by atoms with Crippen molar-refractivity contribution in [3.05, 3.63) is 197 Å². The molecule has 0 unspecified atom stereocenters. The first-order valence-corrected chi connectivity index (χ1v) is 19.0. The standard InChI is InChI=1S/C49H33N3S/c1-48(2)39-26-13-14-27-40(39)49(37-24-11-9-20-32(37)33-21-10-12-25-38(33)49)42-29-43-36(28-41(42)48)34-22-15-23-35(44(34)53-43)47-51-45(30-16-5-3-6-17-30)50-46(52-47)31-18-7-4-8-19-31/h3-29H,1-2H3. The Morgan fingerprint density at radius 3 is 1.53 bits per heavy atom. The monoisotopic (exact) mass is 695 g/mol. The van der Waals surface area contributed by atoms with Crippen LogP contribution in [0.4, 0.5) is 0 Å². The van der Waals surface area contributed by atoms with Gasteiger partial charge in [0.15, 0.2) is 17.5 Å². The molecule has 9 aromatic rings. The highest BCUT2D eigenvalue weighted by Crippen LogP contribution is 2.63. The second kappa shape index (κ2) is 11.1. The molecule has 11 rings (SSSR count). The SMILES string of the molecule is CC1(C)c2ccccc2C2(c3ccccc3-c3ccccc32)c2cc3sc4c(-c5nc(-c6ccccc6)nc(-c6ccccc6)n5)cccc4c3cc21. The zero-order valence-corrected chi connectivity index (χ0v) is 30.2. The van der Waals surface area contributed by atoms with Gasteiger partial charge in [-0.1, -0.05) is 159 Å². The van der Waals surface area contributed by atoms with Crippen LogP contribution in [0.15, 0.2) is 164 Å². The third kappa shape index (κ3) is 4.18. The van der Waals surface area contributed by atoms with Gasteiger partial charge in [0, 0.05) is 42.3 Å². The molecule has 3 nitrogen and oxygen atoms in total. The van der Waals surface area contributed by atoms with Gasteiger partial charge in [-0.05, 0) is 62.7 Å². The van der Waals surface area contributed by atoms with E-state index in [0.717, 1.165) is 16.7 Å². The molecule has 1 spiro atoms. The summed E-state index contributed by atoms with van der Waals surface area (Å²) in [7, 11) is 0. The number of hydrogen-bond donors (Lipinski definition) is 0. The smallest absolute Gasteiger partial charge is 0.165 e. The van der Waals surface area contributed by atoms with Crippen molar-refractivity contribution in [3.8, 4) is 45.3 Å². The van der Waals surface area contributed by atoms with E-state index in [1.54, 1.807) is 0 Å². The van der Waals surface area contributed by atoms with Crippen LogP contribution >= 0.6 is 11.3 Å². The molecule has 250 valence electrons. The summed E-state index contributed by atoms with van der Waals surface area (Å²) in [6.07, 6.45) is 0. The van der Waals surface area contributed by atoms with Crippen molar-refractivity contribution in [3.63, 3.8) is 0 Å². The molecule has 0 saturated carbocycles. The summed E-state index contributed by atoms with van der Waals surface area (Å²) >= 11 is 1.85. The van der Waals surface area contributed by atoms with Gasteiger partial charge >= 0.3 is 0 Å². The highest BCUT2D eigenvalue weighted by molar-refractivity contribution is 7.26. The topological polar surface area (TPSA) is 38.7 Å². The molecule has 2 aromatic heterocycles. The van der Waals surface area contributed by atoms with Gasteiger partial charge in [-0.25, -0.2) is 15.0 Å². The van der Waals surface area contributed by atoms with Gasteiger partial charge < -0.3 is 0 Å². The van der Waals surface area contributed by atoms with E-state index in [4.69, 9.17) is 15.0 Å². The highest BCUT2D eigenvalue weighted by Gasteiger charge is 2.53. The van der Waals surface area contributed by atoms with Gasteiger partial charge in [-0.15, -0.1) is 11.3 Å². The zero-order valence-electron chi connectivity index (χ0n) is 29.3. The number of fused-ring (bicyclic) bond motifs is 12. The Bertz CT molecular complexity index is 2820. The Kier molecular flexibility index (Phi) is 6.39. The van der Waals surface area contributed by atoms with Crippen molar-refractivity contribution >= 4 is 31.5 Å². The zero-order chi connectivity index (χ0) is 35.3. The fraction of sp³-hybridized carbons (Fsp3) is 0.0816. The van der Waals surface area contributed by atoms with E-state index in [9.17, 15) is 0 Å². The molecule has 0 bridgehead atoms. The summed E-state index contributed by atoms with van der Waals surface area (Å²) in [6.45, 7) is 4.80. The van der Waals surface area contributed by atoms with E-state index in [1.807, 2.05) is 47.7 Å². The fourth-order valence-corrected chi connectivity index (χ4v) is 10.5. The lowest BCUT2D eigenvalue weighted by Crippen LogP contribution is -2.40. The highest BCUT2D eigenvalue weighted by atomic mass is 32.1. The van der Waals surface area contributed by atoms with Crippen LogP contribution in [0.1, 0.15) is 47.2 Å². The molecule has 0 aliphatic heterocycles. The Morgan fingerprint density at radius 2 is 0.906 bits per heavy atom. The van der Waals surface area contributed by atoms with Gasteiger partial charge in [0.05, 0.1) is 5.41 Å². The van der Waals surface area contributed by atoms with Crippen LogP contribution in [0.3, 0.4) is 0 Å². The van der Waals surface area contributed by atoms with Crippen molar-refractivity contribution in [2.24, 2.45) is 0 Å². The lowest BCUT2D eigenvalue weighted by molar-refractivity contribution is 0.564. The van der Waals surface area contributed by atoms with E-state index in [0.29, 0.717) is 17.5 Å². The van der Waals surface area contributed by atoms with E-state index in [2.05, 4.69) is 141 Å². The van der Waals surface area contributed by atoms with Crippen molar-refractivity contribution in [2.45, 2.75) is 24.7 Å². The molecule has 2 aliphatic rings.